The van der Waals surface area contributed by atoms with Crippen LogP contribution in [0.15, 0.2) is 42.7 Å². The molecule has 0 saturated carbocycles. The summed E-state index contributed by atoms with van der Waals surface area (Å²) in [4.78, 5) is 15.5. The molecule has 0 atom stereocenters. The zero-order chi connectivity index (χ0) is 13.0. The smallest absolute Gasteiger partial charge is 0.308 e. The molecule has 1 heterocycles. The minimum Gasteiger partial charge on any atom is -0.308 e. The number of benzene rings is 1. The molecular formula is C12H9Cl2N3O. The highest BCUT2D eigenvalue weighted by Crippen LogP contribution is 2.19. The van der Waals surface area contributed by atoms with E-state index in [0.717, 1.165) is 0 Å². The molecule has 0 fully saturated rings. The topological polar surface area (TPSA) is 54.0 Å². The Bertz CT molecular complexity index is 558. The van der Waals surface area contributed by atoms with Crippen molar-refractivity contribution in [2.45, 2.75) is 0 Å². The van der Waals surface area contributed by atoms with E-state index in [-0.39, 0.29) is 6.03 Å². The Morgan fingerprint density at radius 3 is 2.44 bits per heavy atom. The highest BCUT2D eigenvalue weighted by molar-refractivity contribution is 6.33. The van der Waals surface area contributed by atoms with Crippen molar-refractivity contribution in [3.63, 3.8) is 0 Å². The van der Waals surface area contributed by atoms with Gasteiger partial charge in [0.15, 0.2) is 0 Å². The molecule has 0 saturated heterocycles. The molecule has 0 bridgehead atoms. The average molecular weight is 282 g/mol. The number of nitrogens with one attached hydrogen (secondary N) is 2. The molecule has 2 rings (SSSR count). The molecule has 0 spiro atoms. The first-order valence-electron chi connectivity index (χ1n) is 5.08. The first-order valence-corrected chi connectivity index (χ1v) is 5.84. The van der Waals surface area contributed by atoms with Crippen LogP contribution in [0, 0.1) is 0 Å². The number of pyridine rings is 1. The van der Waals surface area contributed by atoms with Gasteiger partial charge in [-0.3, -0.25) is 4.98 Å². The molecule has 0 unspecified atom stereocenters. The number of nitrogens with zero attached hydrogens (tertiary/aromatic N) is 1. The van der Waals surface area contributed by atoms with Gasteiger partial charge in [0, 0.05) is 23.1 Å². The predicted molar refractivity (Wildman–Crippen MR) is 73.3 cm³/mol. The molecule has 4 nitrogen and oxygen atoms in total. The maximum Gasteiger partial charge on any atom is 0.323 e. The van der Waals surface area contributed by atoms with Crippen LogP contribution in [0.25, 0.3) is 0 Å². The minimum atomic E-state index is -0.384. The van der Waals surface area contributed by atoms with E-state index in [1.54, 1.807) is 36.5 Å². The van der Waals surface area contributed by atoms with Crippen molar-refractivity contribution in [2.75, 3.05) is 10.6 Å². The summed E-state index contributed by atoms with van der Waals surface area (Å²) in [5.41, 5.74) is 1.14. The monoisotopic (exact) mass is 281 g/mol. The van der Waals surface area contributed by atoms with Crippen molar-refractivity contribution < 1.29 is 4.79 Å². The van der Waals surface area contributed by atoms with Gasteiger partial charge in [-0.2, -0.15) is 0 Å². The van der Waals surface area contributed by atoms with E-state index >= 15 is 0 Å². The van der Waals surface area contributed by atoms with Gasteiger partial charge in [-0.25, -0.2) is 4.79 Å². The zero-order valence-corrected chi connectivity index (χ0v) is 10.7. The van der Waals surface area contributed by atoms with E-state index in [1.807, 2.05) is 0 Å². The second-order valence-electron chi connectivity index (χ2n) is 3.44. The van der Waals surface area contributed by atoms with Crippen LogP contribution < -0.4 is 10.6 Å². The highest BCUT2D eigenvalue weighted by Gasteiger charge is 2.05. The van der Waals surface area contributed by atoms with Crippen molar-refractivity contribution in [3.8, 4) is 0 Å². The Hall–Kier alpha value is -1.78. The number of hydrogen-bond acceptors (Lipinski definition) is 2. The van der Waals surface area contributed by atoms with Gasteiger partial charge in [-0.05, 0) is 30.3 Å². The molecule has 0 radical (unpaired) electrons. The van der Waals surface area contributed by atoms with E-state index < -0.39 is 0 Å². The first-order chi connectivity index (χ1) is 8.65. The summed E-state index contributed by atoms with van der Waals surface area (Å²) in [5.74, 6) is 0. The number of halogens is 2. The molecule has 92 valence electrons. The Kier molecular flexibility index (Phi) is 4.02. The molecule has 0 aliphatic rings. The summed E-state index contributed by atoms with van der Waals surface area (Å²) in [6.07, 6.45) is 3.00. The fraction of sp³-hybridized carbons (Fsp3) is 0. The molecule has 0 aliphatic heterocycles. The van der Waals surface area contributed by atoms with E-state index in [1.165, 1.54) is 6.20 Å². The predicted octanol–water partition coefficient (Wildman–Crippen LogP) is 4.03. The van der Waals surface area contributed by atoms with Gasteiger partial charge < -0.3 is 10.6 Å². The second kappa shape index (κ2) is 5.71. The number of amides is 2. The van der Waals surface area contributed by atoms with Crippen molar-refractivity contribution in [1.29, 1.82) is 0 Å². The number of rotatable bonds is 2. The summed E-state index contributed by atoms with van der Waals surface area (Å²) in [6, 6.07) is 8.02. The third-order valence-electron chi connectivity index (χ3n) is 2.12. The summed E-state index contributed by atoms with van der Waals surface area (Å²) in [7, 11) is 0. The lowest BCUT2D eigenvalue weighted by Gasteiger charge is -2.08. The maximum atomic E-state index is 11.7. The van der Waals surface area contributed by atoms with Crippen molar-refractivity contribution in [2.24, 2.45) is 0 Å². The molecular weight excluding hydrogens is 273 g/mol. The Morgan fingerprint density at radius 1 is 1.06 bits per heavy atom. The fourth-order valence-electron chi connectivity index (χ4n) is 1.29. The van der Waals surface area contributed by atoms with Gasteiger partial charge in [0.1, 0.15) is 0 Å². The number of hydrogen-bond donors (Lipinski definition) is 2. The molecule has 18 heavy (non-hydrogen) atoms. The van der Waals surface area contributed by atoms with E-state index in [2.05, 4.69) is 15.6 Å². The standard InChI is InChI=1S/C12H9Cl2N3O/c13-8-1-3-9(4-2-8)16-12(18)17-11-5-6-15-7-10(11)14/h1-7H,(H2,15,16,17,18). The SMILES string of the molecule is O=C(Nc1ccc(Cl)cc1)Nc1ccncc1Cl. The summed E-state index contributed by atoms with van der Waals surface area (Å²) >= 11 is 11.6. The molecule has 1 aromatic carbocycles. The first kappa shape index (κ1) is 12.7. The lowest BCUT2D eigenvalue weighted by atomic mass is 10.3. The average Bonchev–Trinajstić information content (AvgIpc) is 2.35. The van der Waals surface area contributed by atoms with Crippen LogP contribution in [0.4, 0.5) is 16.2 Å². The van der Waals surface area contributed by atoms with Crippen molar-refractivity contribution in [3.05, 3.63) is 52.8 Å². The lowest BCUT2D eigenvalue weighted by molar-refractivity contribution is 0.262. The lowest BCUT2D eigenvalue weighted by Crippen LogP contribution is -2.19. The largest absolute Gasteiger partial charge is 0.323 e. The van der Waals surface area contributed by atoms with Gasteiger partial charge in [0.05, 0.1) is 10.7 Å². The Morgan fingerprint density at radius 2 is 1.78 bits per heavy atom. The summed E-state index contributed by atoms with van der Waals surface area (Å²) in [6.45, 7) is 0. The van der Waals surface area contributed by atoms with E-state index in [0.29, 0.717) is 21.4 Å². The molecule has 2 N–H and O–H groups in total. The van der Waals surface area contributed by atoms with Crippen LogP contribution in [0.5, 0.6) is 0 Å². The van der Waals surface area contributed by atoms with Crippen LogP contribution in [-0.2, 0) is 0 Å². The van der Waals surface area contributed by atoms with Gasteiger partial charge in [0.25, 0.3) is 0 Å². The van der Waals surface area contributed by atoms with Gasteiger partial charge in [-0.1, -0.05) is 23.2 Å². The third-order valence-corrected chi connectivity index (χ3v) is 2.68. The molecule has 6 heteroatoms. The third kappa shape index (κ3) is 3.35. The quantitative estimate of drug-likeness (QED) is 0.873. The number of anilines is 2. The van der Waals surface area contributed by atoms with Crippen molar-refractivity contribution >= 4 is 40.6 Å². The van der Waals surface area contributed by atoms with Crippen LogP contribution in [-0.4, -0.2) is 11.0 Å². The van der Waals surface area contributed by atoms with E-state index in [9.17, 15) is 4.79 Å². The van der Waals surface area contributed by atoms with Crippen LogP contribution >= 0.6 is 23.2 Å². The number of carbonyl (C=O) groups is 1. The fourth-order valence-corrected chi connectivity index (χ4v) is 1.59. The minimum absolute atomic E-state index is 0.378. The Balaban J connectivity index is 2.01. The molecule has 1 aromatic heterocycles. The van der Waals surface area contributed by atoms with E-state index in [4.69, 9.17) is 23.2 Å². The van der Waals surface area contributed by atoms with Crippen molar-refractivity contribution in [1.82, 2.24) is 4.98 Å². The van der Waals surface area contributed by atoms with Crippen LogP contribution in [0.2, 0.25) is 10.0 Å². The summed E-state index contributed by atoms with van der Waals surface area (Å²) in [5, 5.41) is 6.26. The number of urea groups is 1. The van der Waals surface area contributed by atoms with Crippen LogP contribution in [0.3, 0.4) is 0 Å². The van der Waals surface area contributed by atoms with Gasteiger partial charge >= 0.3 is 6.03 Å². The zero-order valence-electron chi connectivity index (χ0n) is 9.15. The maximum absolute atomic E-state index is 11.7. The summed E-state index contributed by atoms with van der Waals surface area (Å²) < 4.78 is 0. The highest BCUT2D eigenvalue weighted by atomic mass is 35.5. The molecule has 2 aromatic rings. The Labute approximate surface area is 114 Å². The van der Waals surface area contributed by atoms with Gasteiger partial charge in [-0.15, -0.1) is 0 Å². The molecule has 2 amide bonds. The van der Waals surface area contributed by atoms with Crippen LogP contribution in [0.1, 0.15) is 0 Å². The normalized spacial score (nSPS) is 9.89. The molecule has 0 aliphatic carbocycles. The number of carbonyl (C=O) groups excluding carboxylic acids is 1. The number of aromatic nitrogens is 1. The second-order valence-corrected chi connectivity index (χ2v) is 4.29. The van der Waals surface area contributed by atoms with Gasteiger partial charge in [0.2, 0.25) is 0 Å².